The molecule has 0 saturated carbocycles. The van der Waals surface area contributed by atoms with Crippen molar-refractivity contribution >= 4 is 11.8 Å². The van der Waals surface area contributed by atoms with Crippen LogP contribution in [-0.4, -0.2) is 23.5 Å². The van der Waals surface area contributed by atoms with E-state index < -0.39 is 11.8 Å². The van der Waals surface area contributed by atoms with Crippen LogP contribution in [0.4, 0.5) is 0 Å². The summed E-state index contributed by atoms with van der Waals surface area (Å²) in [6.45, 7) is 2.31. The standard InChI is InChI=1S/C11H12O4/c1-2-15-10-6-4-3-5-8(10)7-9(12)11(13)14/h3-6H,2,7H2,1H3,(H,13,14). The highest BCUT2D eigenvalue weighted by Gasteiger charge is 2.14. The zero-order chi connectivity index (χ0) is 11.3. The maximum absolute atomic E-state index is 11.0. The molecule has 0 atom stereocenters. The van der Waals surface area contributed by atoms with Crippen LogP contribution in [0, 0.1) is 0 Å². The van der Waals surface area contributed by atoms with Gasteiger partial charge in [-0.1, -0.05) is 18.2 Å². The Morgan fingerprint density at radius 3 is 2.60 bits per heavy atom. The topological polar surface area (TPSA) is 63.6 Å². The van der Waals surface area contributed by atoms with E-state index in [-0.39, 0.29) is 6.42 Å². The van der Waals surface area contributed by atoms with Crippen molar-refractivity contribution in [2.75, 3.05) is 6.61 Å². The second kappa shape index (κ2) is 5.14. The first kappa shape index (κ1) is 11.2. The molecule has 4 nitrogen and oxygen atoms in total. The Kier molecular flexibility index (Phi) is 3.85. The molecule has 0 unspecified atom stereocenters. The molecule has 1 rings (SSSR count). The van der Waals surface area contributed by atoms with Gasteiger partial charge in [0.15, 0.2) is 0 Å². The molecule has 0 saturated heterocycles. The van der Waals surface area contributed by atoms with Crippen LogP contribution in [0.15, 0.2) is 24.3 Å². The zero-order valence-corrected chi connectivity index (χ0v) is 8.40. The maximum Gasteiger partial charge on any atom is 0.372 e. The Morgan fingerprint density at radius 2 is 2.00 bits per heavy atom. The SMILES string of the molecule is CCOc1ccccc1CC(=O)C(=O)O. The van der Waals surface area contributed by atoms with E-state index in [4.69, 9.17) is 9.84 Å². The van der Waals surface area contributed by atoms with Crippen molar-refractivity contribution in [2.24, 2.45) is 0 Å². The molecule has 1 aromatic carbocycles. The third kappa shape index (κ3) is 3.09. The monoisotopic (exact) mass is 208 g/mol. The smallest absolute Gasteiger partial charge is 0.372 e. The van der Waals surface area contributed by atoms with Crippen molar-refractivity contribution in [1.29, 1.82) is 0 Å². The van der Waals surface area contributed by atoms with Crippen molar-refractivity contribution in [1.82, 2.24) is 0 Å². The van der Waals surface area contributed by atoms with Gasteiger partial charge in [0, 0.05) is 12.0 Å². The van der Waals surface area contributed by atoms with Gasteiger partial charge in [-0.3, -0.25) is 4.79 Å². The molecule has 15 heavy (non-hydrogen) atoms. The van der Waals surface area contributed by atoms with Crippen LogP contribution < -0.4 is 4.74 Å². The number of carbonyl (C=O) groups excluding carboxylic acids is 1. The molecule has 0 fully saturated rings. The average molecular weight is 208 g/mol. The number of ketones is 1. The highest BCUT2D eigenvalue weighted by molar-refractivity contribution is 6.33. The fraction of sp³-hybridized carbons (Fsp3) is 0.273. The third-order valence-electron chi connectivity index (χ3n) is 1.86. The third-order valence-corrected chi connectivity index (χ3v) is 1.86. The Bertz CT molecular complexity index is 371. The highest BCUT2D eigenvalue weighted by atomic mass is 16.5. The minimum Gasteiger partial charge on any atom is -0.494 e. The number of aliphatic carboxylic acids is 1. The molecule has 1 aromatic rings. The molecular formula is C11H12O4. The summed E-state index contributed by atoms with van der Waals surface area (Å²) in [7, 11) is 0. The van der Waals surface area contributed by atoms with Gasteiger partial charge < -0.3 is 9.84 Å². The summed E-state index contributed by atoms with van der Waals surface area (Å²) in [6.07, 6.45) is -0.133. The van der Waals surface area contributed by atoms with Crippen LogP contribution in [0.2, 0.25) is 0 Å². The summed E-state index contributed by atoms with van der Waals surface area (Å²) in [5.74, 6) is -1.68. The molecule has 0 heterocycles. The normalized spacial score (nSPS) is 9.67. The van der Waals surface area contributed by atoms with E-state index in [0.717, 1.165) is 0 Å². The molecule has 0 aliphatic heterocycles. The molecule has 0 amide bonds. The van der Waals surface area contributed by atoms with Crippen LogP contribution in [0.3, 0.4) is 0 Å². The van der Waals surface area contributed by atoms with E-state index in [0.29, 0.717) is 17.9 Å². The van der Waals surface area contributed by atoms with Gasteiger partial charge in [-0.05, 0) is 13.0 Å². The van der Waals surface area contributed by atoms with Gasteiger partial charge in [-0.2, -0.15) is 0 Å². The van der Waals surface area contributed by atoms with Crippen molar-refractivity contribution in [3.63, 3.8) is 0 Å². The summed E-state index contributed by atoms with van der Waals surface area (Å²) in [5, 5.41) is 8.47. The lowest BCUT2D eigenvalue weighted by molar-refractivity contribution is -0.148. The van der Waals surface area contributed by atoms with Crippen molar-refractivity contribution in [3.05, 3.63) is 29.8 Å². The van der Waals surface area contributed by atoms with Crippen LogP contribution in [0.25, 0.3) is 0 Å². The zero-order valence-electron chi connectivity index (χ0n) is 8.40. The van der Waals surface area contributed by atoms with Gasteiger partial charge in [-0.15, -0.1) is 0 Å². The minimum absolute atomic E-state index is 0.133. The number of carbonyl (C=O) groups is 2. The van der Waals surface area contributed by atoms with Crippen LogP contribution in [0.1, 0.15) is 12.5 Å². The Balaban J connectivity index is 2.84. The first-order chi connectivity index (χ1) is 7.15. The quantitative estimate of drug-likeness (QED) is 0.740. The Hall–Kier alpha value is -1.84. The van der Waals surface area contributed by atoms with Gasteiger partial charge in [0.05, 0.1) is 6.61 Å². The molecule has 1 N–H and O–H groups in total. The van der Waals surface area contributed by atoms with Gasteiger partial charge in [0.1, 0.15) is 5.75 Å². The predicted molar refractivity (Wildman–Crippen MR) is 54.0 cm³/mol. The number of para-hydroxylation sites is 1. The lowest BCUT2D eigenvalue weighted by atomic mass is 10.1. The Morgan fingerprint density at radius 1 is 1.33 bits per heavy atom. The first-order valence-electron chi connectivity index (χ1n) is 4.62. The summed E-state index contributed by atoms with van der Waals surface area (Å²) in [5.41, 5.74) is 0.603. The number of ether oxygens (including phenoxy) is 1. The lowest BCUT2D eigenvalue weighted by Crippen LogP contribution is -2.15. The molecule has 0 aromatic heterocycles. The Labute approximate surface area is 87.5 Å². The first-order valence-corrected chi connectivity index (χ1v) is 4.62. The molecule has 80 valence electrons. The van der Waals surface area contributed by atoms with Crippen LogP contribution in [0.5, 0.6) is 5.75 Å². The largest absolute Gasteiger partial charge is 0.494 e. The lowest BCUT2D eigenvalue weighted by Gasteiger charge is -2.07. The number of hydrogen-bond acceptors (Lipinski definition) is 3. The van der Waals surface area contributed by atoms with E-state index in [1.807, 2.05) is 6.92 Å². The minimum atomic E-state index is -1.42. The van der Waals surface area contributed by atoms with Gasteiger partial charge >= 0.3 is 5.97 Å². The van der Waals surface area contributed by atoms with Crippen molar-refractivity contribution in [3.8, 4) is 5.75 Å². The second-order valence-electron chi connectivity index (χ2n) is 2.95. The average Bonchev–Trinajstić information content (AvgIpc) is 2.21. The maximum atomic E-state index is 11.0. The molecule has 0 spiro atoms. The molecular weight excluding hydrogens is 196 g/mol. The fourth-order valence-electron chi connectivity index (χ4n) is 1.19. The number of Topliss-reactive ketones (excluding diaryl/α,β-unsaturated/α-hetero) is 1. The van der Waals surface area contributed by atoms with E-state index in [9.17, 15) is 9.59 Å². The summed E-state index contributed by atoms with van der Waals surface area (Å²) in [4.78, 5) is 21.4. The van der Waals surface area contributed by atoms with E-state index >= 15 is 0 Å². The molecule has 0 aliphatic rings. The summed E-state index contributed by atoms with van der Waals surface area (Å²) in [6, 6.07) is 6.92. The van der Waals surface area contributed by atoms with Crippen molar-refractivity contribution < 1.29 is 19.4 Å². The van der Waals surface area contributed by atoms with Gasteiger partial charge in [0.25, 0.3) is 0 Å². The van der Waals surface area contributed by atoms with Gasteiger partial charge in [0.2, 0.25) is 5.78 Å². The molecule has 0 aliphatic carbocycles. The summed E-state index contributed by atoms with van der Waals surface area (Å²) < 4.78 is 5.27. The number of hydrogen-bond donors (Lipinski definition) is 1. The number of benzene rings is 1. The fourth-order valence-corrected chi connectivity index (χ4v) is 1.19. The number of carboxylic acids is 1. The van der Waals surface area contributed by atoms with Crippen molar-refractivity contribution in [2.45, 2.75) is 13.3 Å². The summed E-state index contributed by atoms with van der Waals surface area (Å²) >= 11 is 0. The highest BCUT2D eigenvalue weighted by Crippen LogP contribution is 2.18. The molecule has 0 bridgehead atoms. The number of carboxylic acid groups (broad SMARTS) is 1. The number of rotatable bonds is 5. The van der Waals surface area contributed by atoms with Gasteiger partial charge in [-0.25, -0.2) is 4.79 Å². The second-order valence-corrected chi connectivity index (χ2v) is 2.95. The van der Waals surface area contributed by atoms with Crippen LogP contribution >= 0.6 is 0 Å². The molecule has 4 heteroatoms. The molecule has 0 radical (unpaired) electrons. The van der Waals surface area contributed by atoms with E-state index in [1.54, 1.807) is 24.3 Å². The predicted octanol–water partition coefficient (Wildman–Crippen LogP) is 1.28. The van der Waals surface area contributed by atoms with E-state index in [1.165, 1.54) is 0 Å². The van der Waals surface area contributed by atoms with E-state index in [2.05, 4.69) is 0 Å². The van der Waals surface area contributed by atoms with Crippen LogP contribution in [-0.2, 0) is 16.0 Å².